The Bertz CT molecular complexity index is 151. The third-order valence-electron chi connectivity index (χ3n) is 2.08. The second-order valence-electron chi connectivity index (χ2n) is 3.67. The summed E-state index contributed by atoms with van der Waals surface area (Å²) in [4.78, 5) is 0. The molecule has 0 rings (SSSR count). The Morgan fingerprint density at radius 1 is 0.941 bits per heavy atom. The van der Waals surface area contributed by atoms with E-state index in [1.165, 1.54) is 0 Å². The van der Waals surface area contributed by atoms with Gasteiger partial charge in [0.15, 0.2) is 0 Å². The summed E-state index contributed by atoms with van der Waals surface area (Å²) in [6.45, 7) is 4.23. The maximum atomic E-state index is 11.7. The van der Waals surface area contributed by atoms with Gasteiger partial charge in [-0.3, -0.25) is 0 Å². The molecule has 0 saturated heterocycles. The summed E-state index contributed by atoms with van der Waals surface area (Å²) >= 11 is 0. The van der Waals surface area contributed by atoms with Crippen molar-refractivity contribution in [3.8, 4) is 0 Å². The second kappa shape index (κ2) is 13.8. The van der Waals surface area contributed by atoms with Crippen LogP contribution in [-0.4, -0.2) is 59.5 Å². The highest BCUT2D eigenvalue weighted by molar-refractivity contribution is 4.52. The van der Waals surface area contributed by atoms with E-state index in [2.05, 4.69) is 10.6 Å². The number of halogens is 2. The van der Waals surface area contributed by atoms with E-state index in [-0.39, 0.29) is 0 Å². The fourth-order valence-electron chi connectivity index (χ4n) is 1.23. The number of hydrogen-bond acceptors (Lipinski definition) is 4. The molecule has 0 aliphatic carbocycles. The molecule has 0 amide bonds. The summed E-state index contributed by atoms with van der Waals surface area (Å²) in [7, 11) is 1.68. The lowest BCUT2D eigenvalue weighted by Crippen LogP contribution is -2.25. The summed E-state index contributed by atoms with van der Waals surface area (Å²) in [5, 5.41) is 6.46. The van der Waals surface area contributed by atoms with Crippen molar-refractivity contribution in [1.29, 1.82) is 0 Å². The highest BCUT2D eigenvalue weighted by Gasteiger charge is 2.00. The molecule has 104 valence electrons. The van der Waals surface area contributed by atoms with Gasteiger partial charge in [0.2, 0.25) is 0 Å². The molecule has 0 heterocycles. The number of rotatable bonds is 13. The molecule has 2 N–H and O–H groups in total. The van der Waals surface area contributed by atoms with Gasteiger partial charge in [0, 0.05) is 20.3 Å². The number of methoxy groups -OCH3 is 1. The standard InChI is InChI=1S/C11H24F2N2O2/c1-16-9-7-15-5-2-4-14-6-3-8-17-10-11(12)13/h11,14-15H,2-10H2,1H3. The molecule has 0 aromatic carbocycles. The molecule has 6 heteroatoms. The van der Waals surface area contributed by atoms with Crippen molar-refractivity contribution in [2.45, 2.75) is 19.3 Å². The fourth-order valence-corrected chi connectivity index (χ4v) is 1.23. The van der Waals surface area contributed by atoms with Gasteiger partial charge < -0.3 is 20.1 Å². The topological polar surface area (TPSA) is 42.5 Å². The largest absolute Gasteiger partial charge is 0.383 e. The molecule has 0 aliphatic heterocycles. The lowest BCUT2D eigenvalue weighted by molar-refractivity contribution is 0.0168. The molecule has 4 nitrogen and oxygen atoms in total. The normalized spacial score (nSPS) is 11.3. The minimum atomic E-state index is -2.36. The molecule has 0 spiro atoms. The minimum Gasteiger partial charge on any atom is -0.383 e. The molecule has 0 unspecified atom stereocenters. The van der Waals surface area contributed by atoms with Gasteiger partial charge in [0.25, 0.3) is 6.43 Å². The first-order valence-corrected chi connectivity index (χ1v) is 6.03. The SMILES string of the molecule is COCCNCCCNCCCOCC(F)F. The third-order valence-corrected chi connectivity index (χ3v) is 2.08. The van der Waals surface area contributed by atoms with Crippen LogP contribution in [0.25, 0.3) is 0 Å². The molecule has 0 saturated carbocycles. The molecule has 0 atom stereocenters. The molecule has 0 aliphatic rings. The van der Waals surface area contributed by atoms with Crippen LogP contribution in [0.4, 0.5) is 8.78 Å². The highest BCUT2D eigenvalue weighted by Crippen LogP contribution is 1.92. The van der Waals surface area contributed by atoms with E-state index in [1.54, 1.807) is 7.11 Å². The van der Waals surface area contributed by atoms with Gasteiger partial charge in [-0.2, -0.15) is 0 Å². The fraction of sp³-hybridized carbons (Fsp3) is 1.00. The maximum Gasteiger partial charge on any atom is 0.261 e. The van der Waals surface area contributed by atoms with Crippen molar-refractivity contribution in [2.24, 2.45) is 0 Å². The molecule has 0 aromatic rings. The molecule has 17 heavy (non-hydrogen) atoms. The third kappa shape index (κ3) is 15.7. The average molecular weight is 254 g/mol. The number of ether oxygens (including phenoxy) is 2. The first-order chi connectivity index (χ1) is 8.27. The lowest BCUT2D eigenvalue weighted by Gasteiger charge is -2.06. The monoisotopic (exact) mass is 254 g/mol. The van der Waals surface area contributed by atoms with Gasteiger partial charge in [-0.05, 0) is 32.5 Å². The number of alkyl halides is 2. The lowest BCUT2D eigenvalue weighted by atomic mass is 10.4. The predicted molar refractivity (Wildman–Crippen MR) is 63.7 cm³/mol. The van der Waals surface area contributed by atoms with Crippen LogP contribution >= 0.6 is 0 Å². The van der Waals surface area contributed by atoms with E-state index in [0.29, 0.717) is 6.61 Å². The Kier molecular flexibility index (Phi) is 13.5. The minimum absolute atomic E-state index is 0.392. The van der Waals surface area contributed by atoms with E-state index in [4.69, 9.17) is 9.47 Å². The highest BCUT2D eigenvalue weighted by atomic mass is 19.3. The molecule has 0 bridgehead atoms. The van der Waals surface area contributed by atoms with Crippen molar-refractivity contribution in [1.82, 2.24) is 10.6 Å². The molecular formula is C11H24F2N2O2. The molecule has 0 aromatic heterocycles. The Morgan fingerprint density at radius 2 is 1.59 bits per heavy atom. The summed E-state index contributed by atoms with van der Waals surface area (Å²) in [5.41, 5.74) is 0. The van der Waals surface area contributed by atoms with E-state index < -0.39 is 13.0 Å². The summed E-state index contributed by atoms with van der Waals surface area (Å²) in [6.07, 6.45) is -0.549. The quantitative estimate of drug-likeness (QED) is 0.479. The summed E-state index contributed by atoms with van der Waals surface area (Å²) in [5.74, 6) is 0. The molecular weight excluding hydrogens is 230 g/mol. The van der Waals surface area contributed by atoms with Crippen LogP contribution < -0.4 is 10.6 Å². The van der Waals surface area contributed by atoms with Crippen LogP contribution in [0.1, 0.15) is 12.8 Å². The zero-order chi connectivity index (χ0) is 12.8. The average Bonchev–Trinajstić information content (AvgIpc) is 2.30. The number of nitrogens with one attached hydrogen (secondary N) is 2. The predicted octanol–water partition coefficient (Wildman–Crippen LogP) is 0.874. The zero-order valence-electron chi connectivity index (χ0n) is 10.5. The van der Waals surface area contributed by atoms with Crippen molar-refractivity contribution in [3.05, 3.63) is 0 Å². The first kappa shape index (κ1) is 16.7. The van der Waals surface area contributed by atoms with Gasteiger partial charge in [-0.1, -0.05) is 0 Å². The van der Waals surface area contributed by atoms with E-state index >= 15 is 0 Å². The Hall–Kier alpha value is -0.300. The van der Waals surface area contributed by atoms with Crippen molar-refractivity contribution < 1.29 is 18.3 Å². The van der Waals surface area contributed by atoms with E-state index in [9.17, 15) is 8.78 Å². The van der Waals surface area contributed by atoms with Crippen LogP contribution in [0.3, 0.4) is 0 Å². The van der Waals surface area contributed by atoms with Gasteiger partial charge in [0.1, 0.15) is 6.61 Å². The van der Waals surface area contributed by atoms with Crippen LogP contribution in [0.2, 0.25) is 0 Å². The number of hydrogen-bond donors (Lipinski definition) is 2. The van der Waals surface area contributed by atoms with Crippen molar-refractivity contribution in [3.63, 3.8) is 0 Å². The zero-order valence-corrected chi connectivity index (χ0v) is 10.5. The van der Waals surface area contributed by atoms with Crippen LogP contribution in [0.15, 0.2) is 0 Å². The first-order valence-electron chi connectivity index (χ1n) is 6.03. The Morgan fingerprint density at radius 3 is 2.24 bits per heavy atom. The smallest absolute Gasteiger partial charge is 0.261 e. The van der Waals surface area contributed by atoms with Crippen LogP contribution in [-0.2, 0) is 9.47 Å². The van der Waals surface area contributed by atoms with E-state index in [1.807, 2.05) is 0 Å². The van der Waals surface area contributed by atoms with Gasteiger partial charge in [-0.25, -0.2) is 8.78 Å². The Labute approximate surface area is 102 Å². The second-order valence-corrected chi connectivity index (χ2v) is 3.67. The van der Waals surface area contributed by atoms with E-state index in [0.717, 1.165) is 45.6 Å². The van der Waals surface area contributed by atoms with Crippen LogP contribution in [0.5, 0.6) is 0 Å². The van der Waals surface area contributed by atoms with Crippen molar-refractivity contribution >= 4 is 0 Å². The van der Waals surface area contributed by atoms with Crippen molar-refractivity contribution in [2.75, 3.05) is 53.1 Å². The van der Waals surface area contributed by atoms with Gasteiger partial charge >= 0.3 is 0 Å². The summed E-state index contributed by atoms with van der Waals surface area (Å²) in [6, 6.07) is 0. The molecule has 0 fully saturated rings. The van der Waals surface area contributed by atoms with Gasteiger partial charge in [-0.15, -0.1) is 0 Å². The van der Waals surface area contributed by atoms with Crippen LogP contribution in [0, 0.1) is 0 Å². The summed E-state index contributed by atoms with van der Waals surface area (Å²) < 4.78 is 33.0. The maximum absolute atomic E-state index is 11.7. The Balaban J connectivity index is 2.89. The molecule has 0 radical (unpaired) electrons. The van der Waals surface area contributed by atoms with Gasteiger partial charge in [0.05, 0.1) is 6.61 Å².